The molecule has 7 heteroatoms. The minimum atomic E-state index is -4.23. The van der Waals surface area contributed by atoms with Crippen LogP contribution in [-0.2, 0) is 6.42 Å². The summed E-state index contributed by atoms with van der Waals surface area (Å²) in [5.74, 6) is -0.584. The molecule has 1 aliphatic rings. The molecule has 1 atom stereocenters. The summed E-state index contributed by atoms with van der Waals surface area (Å²) in [6.07, 6.45) is -4.35. The van der Waals surface area contributed by atoms with Crippen LogP contribution in [0, 0.1) is 12.8 Å². The predicted octanol–water partition coefficient (Wildman–Crippen LogP) is 4.76. The first-order valence-electron chi connectivity index (χ1n) is 8.61. The van der Waals surface area contributed by atoms with E-state index < -0.39 is 12.1 Å². The number of amides is 1. The van der Waals surface area contributed by atoms with Crippen molar-refractivity contribution in [2.45, 2.75) is 26.4 Å². The van der Waals surface area contributed by atoms with Crippen molar-refractivity contribution < 1.29 is 27.4 Å². The van der Waals surface area contributed by atoms with Crippen LogP contribution in [0.4, 0.5) is 18.9 Å². The third-order valence-electron chi connectivity index (χ3n) is 4.44. The standard InChI is InChI=1S/C20H20F3NO3/c1-12-9-14(10-13(2)20(21,22)23)3-5-16(12)19(25)24-15-4-6-17-18(11-15)27-8-7-26-17/h3-6,9,11,13H,7-8,10H2,1-2H3,(H,24,25). The van der Waals surface area contributed by atoms with Crippen LogP contribution in [0.15, 0.2) is 36.4 Å². The number of ether oxygens (including phenoxy) is 2. The molecule has 1 N–H and O–H groups in total. The van der Waals surface area contributed by atoms with E-state index in [-0.39, 0.29) is 12.3 Å². The Kier molecular flexibility index (Phi) is 5.30. The molecule has 0 fully saturated rings. The number of alkyl halides is 3. The Bertz CT molecular complexity index is 849. The van der Waals surface area contributed by atoms with E-state index in [9.17, 15) is 18.0 Å². The molecule has 144 valence electrons. The van der Waals surface area contributed by atoms with E-state index in [1.54, 1.807) is 43.3 Å². The Morgan fingerprint density at radius 3 is 2.48 bits per heavy atom. The van der Waals surface area contributed by atoms with Gasteiger partial charge in [-0.05, 0) is 42.7 Å². The number of rotatable bonds is 4. The molecule has 0 bridgehead atoms. The molecule has 4 nitrogen and oxygen atoms in total. The number of nitrogens with one attached hydrogen (secondary N) is 1. The predicted molar refractivity (Wildman–Crippen MR) is 95.5 cm³/mol. The van der Waals surface area contributed by atoms with Crippen LogP contribution in [0.25, 0.3) is 0 Å². The number of carbonyl (C=O) groups is 1. The molecule has 0 saturated carbocycles. The van der Waals surface area contributed by atoms with Crippen molar-refractivity contribution in [2.75, 3.05) is 18.5 Å². The summed E-state index contributed by atoms with van der Waals surface area (Å²) in [5, 5.41) is 2.78. The van der Waals surface area contributed by atoms with E-state index in [0.717, 1.165) is 6.92 Å². The molecular weight excluding hydrogens is 359 g/mol. The first kappa shape index (κ1) is 19.1. The average Bonchev–Trinajstić information content (AvgIpc) is 2.60. The molecule has 0 radical (unpaired) electrons. The maximum Gasteiger partial charge on any atom is 0.391 e. The molecule has 2 aromatic carbocycles. The quantitative estimate of drug-likeness (QED) is 0.833. The zero-order valence-corrected chi connectivity index (χ0v) is 15.0. The van der Waals surface area contributed by atoms with Crippen molar-refractivity contribution in [3.05, 3.63) is 53.1 Å². The van der Waals surface area contributed by atoms with Gasteiger partial charge < -0.3 is 14.8 Å². The van der Waals surface area contributed by atoms with Gasteiger partial charge in [-0.25, -0.2) is 0 Å². The van der Waals surface area contributed by atoms with Gasteiger partial charge in [0, 0.05) is 17.3 Å². The molecule has 1 aliphatic heterocycles. The van der Waals surface area contributed by atoms with Crippen LogP contribution in [0.3, 0.4) is 0 Å². The molecule has 1 heterocycles. The number of fused-ring (bicyclic) bond motifs is 1. The van der Waals surface area contributed by atoms with Gasteiger partial charge in [0.15, 0.2) is 11.5 Å². The topological polar surface area (TPSA) is 47.6 Å². The average molecular weight is 379 g/mol. The Morgan fingerprint density at radius 2 is 1.81 bits per heavy atom. The van der Waals surface area contributed by atoms with E-state index in [2.05, 4.69) is 5.32 Å². The van der Waals surface area contributed by atoms with Crippen LogP contribution in [0.1, 0.15) is 28.4 Å². The number of aryl methyl sites for hydroxylation is 1. The van der Waals surface area contributed by atoms with Gasteiger partial charge in [0.05, 0.1) is 5.92 Å². The van der Waals surface area contributed by atoms with Gasteiger partial charge in [0.1, 0.15) is 13.2 Å². The summed E-state index contributed by atoms with van der Waals surface area (Å²) in [6, 6.07) is 9.86. The molecule has 2 aromatic rings. The molecule has 0 aliphatic carbocycles. The number of halogens is 3. The highest BCUT2D eigenvalue weighted by molar-refractivity contribution is 6.05. The Hall–Kier alpha value is -2.70. The lowest BCUT2D eigenvalue weighted by molar-refractivity contribution is -0.169. The fourth-order valence-corrected chi connectivity index (χ4v) is 2.90. The molecular formula is C20H20F3NO3. The van der Waals surface area contributed by atoms with Crippen molar-refractivity contribution in [1.82, 2.24) is 0 Å². The fourth-order valence-electron chi connectivity index (χ4n) is 2.90. The zero-order valence-electron chi connectivity index (χ0n) is 15.0. The van der Waals surface area contributed by atoms with E-state index >= 15 is 0 Å². The second kappa shape index (κ2) is 7.50. The third kappa shape index (κ3) is 4.53. The lowest BCUT2D eigenvalue weighted by atomic mass is 9.97. The van der Waals surface area contributed by atoms with Gasteiger partial charge in [0.25, 0.3) is 5.91 Å². The number of carbonyl (C=O) groups excluding carboxylic acids is 1. The minimum absolute atomic E-state index is 0.117. The number of hydrogen-bond donors (Lipinski definition) is 1. The highest BCUT2D eigenvalue weighted by Gasteiger charge is 2.35. The summed E-state index contributed by atoms with van der Waals surface area (Å²) >= 11 is 0. The van der Waals surface area contributed by atoms with Gasteiger partial charge in [-0.3, -0.25) is 4.79 Å². The summed E-state index contributed by atoms with van der Waals surface area (Å²) < 4.78 is 49.1. The second-order valence-electron chi connectivity index (χ2n) is 6.61. The van der Waals surface area contributed by atoms with Gasteiger partial charge in [0.2, 0.25) is 0 Å². The number of hydrogen-bond acceptors (Lipinski definition) is 3. The van der Waals surface area contributed by atoms with Gasteiger partial charge in [-0.15, -0.1) is 0 Å². The van der Waals surface area contributed by atoms with Crippen LogP contribution < -0.4 is 14.8 Å². The summed E-state index contributed by atoms with van der Waals surface area (Å²) in [4.78, 5) is 12.5. The third-order valence-corrected chi connectivity index (χ3v) is 4.44. The molecule has 0 saturated heterocycles. The largest absolute Gasteiger partial charge is 0.486 e. The van der Waals surface area contributed by atoms with Gasteiger partial charge >= 0.3 is 6.18 Å². The van der Waals surface area contributed by atoms with Crippen molar-refractivity contribution in [3.8, 4) is 11.5 Å². The lowest BCUT2D eigenvalue weighted by Gasteiger charge is -2.19. The van der Waals surface area contributed by atoms with Gasteiger partial charge in [-0.2, -0.15) is 13.2 Å². The van der Waals surface area contributed by atoms with Crippen LogP contribution in [0.5, 0.6) is 11.5 Å². The minimum Gasteiger partial charge on any atom is -0.486 e. The van der Waals surface area contributed by atoms with Gasteiger partial charge in [-0.1, -0.05) is 19.1 Å². The van der Waals surface area contributed by atoms with E-state index in [1.807, 2.05) is 0 Å². The van der Waals surface area contributed by atoms with Crippen LogP contribution in [-0.4, -0.2) is 25.3 Å². The first-order valence-corrected chi connectivity index (χ1v) is 8.61. The second-order valence-corrected chi connectivity index (χ2v) is 6.61. The molecule has 1 amide bonds. The van der Waals surface area contributed by atoms with E-state index in [1.165, 1.54) is 0 Å². The molecule has 3 rings (SSSR count). The summed E-state index contributed by atoms with van der Waals surface area (Å²) in [7, 11) is 0. The molecule has 27 heavy (non-hydrogen) atoms. The number of benzene rings is 2. The highest BCUT2D eigenvalue weighted by atomic mass is 19.4. The SMILES string of the molecule is Cc1cc(CC(C)C(F)(F)F)ccc1C(=O)Nc1ccc2c(c1)OCCO2. The van der Waals surface area contributed by atoms with E-state index in [4.69, 9.17) is 9.47 Å². The zero-order chi connectivity index (χ0) is 19.6. The maximum absolute atomic E-state index is 12.7. The summed E-state index contributed by atoms with van der Waals surface area (Å²) in [6.45, 7) is 3.79. The normalized spacial score (nSPS) is 14.6. The molecule has 0 spiro atoms. The van der Waals surface area contributed by atoms with Crippen LogP contribution in [0.2, 0.25) is 0 Å². The molecule has 1 unspecified atom stereocenters. The molecule has 0 aromatic heterocycles. The Morgan fingerprint density at radius 1 is 1.11 bits per heavy atom. The Balaban J connectivity index is 1.71. The van der Waals surface area contributed by atoms with Crippen molar-refractivity contribution >= 4 is 11.6 Å². The van der Waals surface area contributed by atoms with E-state index in [0.29, 0.717) is 47.1 Å². The van der Waals surface area contributed by atoms with Crippen molar-refractivity contribution in [1.29, 1.82) is 0 Å². The van der Waals surface area contributed by atoms with Crippen molar-refractivity contribution in [3.63, 3.8) is 0 Å². The fraction of sp³-hybridized carbons (Fsp3) is 0.350. The Labute approximate surface area is 155 Å². The lowest BCUT2D eigenvalue weighted by Crippen LogP contribution is -2.22. The summed E-state index contributed by atoms with van der Waals surface area (Å²) in [5.41, 5.74) is 2.14. The first-order chi connectivity index (χ1) is 12.7. The number of anilines is 1. The smallest absolute Gasteiger partial charge is 0.391 e. The monoisotopic (exact) mass is 379 g/mol. The highest BCUT2D eigenvalue weighted by Crippen LogP contribution is 2.33. The maximum atomic E-state index is 12.7. The van der Waals surface area contributed by atoms with Crippen molar-refractivity contribution in [2.24, 2.45) is 5.92 Å². The van der Waals surface area contributed by atoms with Crippen LogP contribution >= 0.6 is 0 Å².